The van der Waals surface area contributed by atoms with Crippen LogP contribution in [0.5, 0.6) is 11.5 Å². The molecule has 9 heteroatoms. The van der Waals surface area contributed by atoms with Crippen molar-refractivity contribution in [2.45, 2.75) is 18.9 Å². The Balaban J connectivity index is 1.40. The highest BCUT2D eigenvalue weighted by molar-refractivity contribution is 7.09. The van der Waals surface area contributed by atoms with Crippen LogP contribution >= 0.6 is 11.5 Å². The van der Waals surface area contributed by atoms with Crippen molar-refractivity contribution in [2.75, 3.05) is 31.8 Å². The third-order valence-electron chi connectivity index (χ3n) is 5.46. The topological polar surface area (TPSA) is 77.3 Å². The van der Waals surface area contributed by atoms with Gasteiger partial charge in [0, 0.05) is 37.0 Å². The monoisotopic (exact) mass is 398 g/mol. The van der Waals surface area contributed by atoms with Crippen LogP contribution in [0, 0.1) is 5.92 Å². The first-order valence-corrected chi connectivity index (χ1v) is 10.2. The van der Waals surface area contributed by atoms with E-state index in [1.54, 1.807) is 12.5 Å². The summed E-state index contributed by atoms with van der Waals surface area (Å²) < 4.78 is 17.3. The minimum Gasteiger partial charge on any atom is -0.454 e. The van der Waals surface area contributed by atoms with Gasteiger partial charge in [0.1, 0.15) is 6.33 Å². The smallest absolute Gasteiger partial charge is 0.248 e. The molecule has 28 heavy (non-hydrogen) atoms. The van der Waals surface area contributed by atoms with Crippen LogP contribution in [-0.2, 0) is 6.42 Å². The van der Waals surface area contributed by atoms with E-state index in [1.165, 1.54) is 17.1 Å². The summed E-state index contributed by atoms with van der Waals surface area (Å²) in [6.07, 6.45) is 7.39. The Morgan fingerprint density at radius 2 is 2.29 bits per heavy atom. The molecule has 2 aliphatic heterocycles. The van der Waals surface area contributed by atoms with Gasteiger partial charge < -0.3 is 19.7 Å². The molecule has 1 fully saturated rings. The number of imidazole rings is 1. The summed E-state index contributed by atoms with van der Waals surface area (Å²) in [7, 11) is 2.12. The maximum atomic E-state index is 5.56. The second kappa shape index (κ2) is 7.40. The predicted octanol–water partition coefficient (Wildman–Crippen LogP) is 2.11. The number of rotatable bonds is 6. The molecule has 5 rings (SSSR count). The molecule has 1 N–H and O–H groups in total. The van der Waals surface area contributed by atoms with Crippen LogP contribution in [0.15, 0.2) is 36.9 Å². The number of nitrogens with one attached hydrogen (secondary N) is 1. The molecule has 2 aromatic heterocycles. The highest BCUT2D eigenvalue weighted by Gasteiger charge is 2.30. The number of nitrogens with zero attached hydrogens (tertiary/aromatic N) is 5. The van der Waals surface area contributed by atoms with Gasteiger partial charge in [0.05, 0.1) is 0 Å². The molecule has 0 radical (unpaired) electrons. The SMILES string of the molecule is CN(c1nc(-n2ccnc2)ns1)C(Cc1ccc2c(c1)OCO2)C1CCNC1. The summed E-state index contributed by atoms with van der Waals surface area (Å²) in [5.74, 6) is 2.87. The van der Waals surface area contributed by atoms with Crippen molar-refractivity contribution in [3.63, 3.8) is 0 Å². The van der Waals surface area contributed by atoms with E-state index in [2.05, 4.69) is 38.8 Å². The van der Waals surface area contributed by atoms with E-state index in [0.29, 0.717) is 24.7 Å². The predicted molar refractivity (Wildman–Crippen MR) is 106 cm³/mol. The highest BCUT2D eigenvalue weighted by atomic mass is 32.1. The Hall–Kier alpha value is -2.65. The van der Waals surface area contributed by atoms with Crippen molar-refractivity contribution in [1.82, 2.24) is 24.2 Å². The zero-order valence-electron chi connectivity index (χ0n) is 15.6. The van der Waals surface area contributed by atoms with E-state index in [1.807, 2.05) is 16.8 Å². The summed E-state index contributed by atoms with van der Waals surface area (Å²) >= 11 is 1.42. The Bertz CT molecular complexity index is 938. The first-order chi connectivity index (χ1) is 13.8. The Morgan fingerprint density at radius 3 is 3.11 bits per heavy atom. The molecule has 2 atom stereocenters. The van der Waals surface area contributed by atoms with E-state index in [0.717, 1.165) is 42.6 Å². The van der Waals surface area contributed by atoms with Gasteiger partial charge in [-0.2, -0.15) is 9.36 Å². The number of anilines is 1. The molecule has 0 amide bonds. The minimum atomic E-state index is 0.302. The lowest BCUT2D eigenvalue weighted by molar-refractivity contribution is 0.174. The molecule has 4 heterocycles. The Kier molecular flexibility index (Phi) is 4.61. The average molecular weight is 398 g/mol. The van der Waals surface area contributed by atoms with Gasteiger partial charge in [0.15, 0.2) is 11.5 Å². The molecule has 1 aromatic carbocycles. The number of ether oxygens (including phenoxy) is 2. The van der Waals surface area contributed by atoms with Gasteiger partial charge in [-0.15, -0.1) is 0 Å². The summed E-state index contributed by atoms with van der Waals surface area (Å²) in [5, 5.41) is 4.42. The summed E-state index contributed by atoms with van der Waals surface area (Å²) in [5.41, 5.74) is 1.24. The maximum Gasteiger partial charge on any atom is 0.248 e. The fraction of sp³-hybridized carbons (Fsp3) is 0.421. The van der Waals surface area contributed by atoms with Crippen LogP contribution < -0.4 is 19.7 Å². The molecule has 2 aliphatic rings. The van der Waals surface area contributed by atoms with Crippen LogP contribution in [-0.4, -0.2) is 51.9 Å². The first-order valence-electron chi connectivity index (χ1n) is 9.42. The number of hydrogen-bond donors (Lipinski definition) is 1. The van der Waals surface area contributed by atoms with E-state index >= 15 is 0 Å². The van der Waals surface area contributed by atoms with Crippen molar-refractivity contribution in [3.05, 3.63) is 42.5 Å². The lowest BCUT2D eigenvalue weighted by atomic mass is 9.91. The lowest BCUT2D eigenvalue weighted by Gasteiger charge is -2.32. The van der Waals surface area contributed by atoms with Crippen molar-refractivity contribution < 1.29 is 9.47 Å². The van der Waals surface area contributed by atoms with Crippen LogP contribution in [0.4, 0.5) is 5.13 Å². The van der Waals surface area contributed by atoms with Crippen LogP contribution in [0.3, 0.4) is 0 Å². The van der Waals surface area contributed by atoms with Gasteiger partial charge in [0.25, 0.3) is 0 Å². The zero-order chi connectivity index (χ0) is 18.9. The third kappa shape index (κ3) is 3.31. The largest absolute Gasteiger partial charge is 0.454 e. The Labute approximate surface area is 167 Å². The van der Waals surface area contributed by atoms with Gasteiger partial charge in [-0.25, -0.2) is 4.98 Å². The molecule has 0 bridgehead atoms. The molecular weight excluding hydrogens is 376 g/mol. The van der Waals surface area contributed by atoms with E-state index in [4.69, 9.17) is 14.5 Å². The average Bonchev–Trinajstić information content (AvgIpc) is 3.50. The van der Waals surface area contributed by atoms with Crippen molar-refractivity contribution >= 4 is 16.7 Å². The lowest BCUT2D eigenvalue weighted by Crippen LogP contribution is -2.40. The molecule has 146 valence electrons. The number of likely N-dealkylation sites (N-methyl/N-ethyl adjacent to an activating group) is 1. The highest BCUT2D eigenvalue weighted by Crippen LogP contribution is 2.34. The normalized spacial score (nSPS) is 19.1. The minimum absolute atomic E-state index is 0.302. The van der Waals surface area contributed by atoms with E-state index in [9.17, 15) is 0 Å². The maximum absolute atomic E-state index is 5.56. The van der Waals surface area contributed by atoms with Crippen LogP contribution in [0.25, 0.3) is 5.95 Å². The number of hydrogen-bond acceptors (Lipinski definition) is 8. The van der Waals surface area contributed by atoms with Gasteiger partial charge in [-0.1, -0.05) is 6.07 Å². The third-order valence-corrected chi connectivity index (χ3v) is 6.26. The fourth-order valence-corrected chi connectivity index (χ4v) is 4.60. The van der Waals surface area contributed by atoms with Crippen LogP contribution in [0.2, 0.25) is 0 Å². The first kappa shape index (κ1) is 17.4. The summed E-state index contributed by atoms with van der Waals surface area (Å²) in [4.78, 5) is 11.1. The molecule has 0 spiro atoms. The molecule has 8 nitrogen and oxygen atoms in total. The fourth-order valence-electron chi connectivity index (χ4n) is 3.91. The quantitative estimate of drug-likeness (QED) is 0.681. The standard InChI is InChI=1S/C19H22N6O2S/c1-24(19-22-18(23-28-19)25-7-6-21-11-25)15(14-4-5-20-10-14)8-13-2-3-16-17(9-13)27-12-26-16/h2-3,6-7,9,11,14-15,20H,4-5,8,10,12H2,1H3. The van der Waals surface area contributed by atoms with Gasteiger partial charge in [-0.05, 0) is 49.5 Å². The second-order valence-electron chi connectivity index (χ2n) is 7.17. The summed E-state index contributed by atoms with van der Waals surface area (Å²) in [6, 6.07) is 6.55. The van der Waals surface area contributed by atoms with Crippen molar-refractivity contribution in [1.29, 1.82) is 0 Å². The molecular formula is C19H22N6O2S. The van der Waals surface area contributed by atoms with E-state index in [-0.39, 0.29) is 0 Å². The molecule has 3 aromatic rings. The zero-order valence-corrected chi connectivity index (χ0v) is 16.4. The number of fused-ring (bicyclic) bond motifs is 1. The molecule has 0 saturated carbocycles. The molecule has 2 unspecified atom stereocenters. The second-order valence-corrected chi connectivity index (χ2v) is 7.90. The van der Waals surface area contributed by atoms with Crippen molar-refractivity contribution in [2.24, 2.45) is 5.92 Å². The number of benzene rings is 1. The van der Waals surface area contributed by atoms with Gasteiger partial charge in [0.2, 0.25) is 17.9 Å². The van der Waals surface area contributed by atoms with Gasteiger partial charge in [-0.3, -0.25) is 4.57 Å². The Morgan fingerprint density at radius 1 is 1.36 bits per heavy atom. The van der Waals surface area contributed by atoms with E-state index < -0.39 is 0 Å². The van der Waals surface area contributed by atoms with Crippen molar-refractivity contribution in [3.8, 4) is 17.4 Å². The van der Waals surface area contributed by atoms with Gasteiger partial charge >= 0.3 is 0 Å². The van der Waals surface area contributed by atoms with Crippen LogP contribution in [0.1, 0.15) is 12.0 Å². The molecule has 1 saturated heterocycles. The summed E-state index contributed by atoms with van der Waals surface area (Å²) in [6.45, 7) is 2.38. The number of aromatic nitrogens is 4. The molecule has 0 aliphatic carbocycles.